The SMILES string of the molecule is Cc1cnn(CC(=O)Nc2cc(Cl)ccc2O)c1. The van der Waals surface area contributed by atoms with Crippen LogP contribution >= 0.6 is 11.6 Å². The first-order valence-corrected chi connectivity index (χ1v) is 5.70. The highest BCUT2D eigenvalue weighted by Crippen LogP contribution is 2.26. The Kier molecular flexibility index (Phi) is 3.53. The van der Waals surface area contributed by atoms with Gasteiger partial charge in [0.05, 0.1) is 11.9 Å². The van der Waals surface area contributed by atoms with E-state index in [0.29, 0.717) is 5.02 Å². The van der Waals surface area contributed by atoms with Crippen LogP contribution in [-0.4, -0.2) is 20.8 Å². The van der Waals surface area contributed by atoms with Gasteiger partial charge in [-0.3, -0.25) is 9.48 Å². The molecule has 0 unspecified atom stereocenters. The lowest BCUT2D eigenvalue weighted by Gasteiger charge is -2.07. The molecule has 0 spiro atoms. The molecule has 1 aromatic carbocycles. The van der Waals surface area contributed by atoms with E-state index in [4.69, 9.17) is 11.6 Å². The number of hydrogen-bond acceptors (Lipinski definition) is 3. The lowest BCUT2D eigenvalue weighted by Crippen LogP contribution is -2.19. The molecule has 0 fully saturated rings. The lowest BCUT2D eigenvalue weighted by molar-refractivity contribution is -0.116. The standard InChI is InChI=1S/C12H12ClN3O2/c1-8-5-14-16(6-8)7-12(18)15-10-4-9(13)2-3-11(10)17/h2-6,17H,7H2,1H3,(H,15,18). The van der Waals surface area contributed by atoms with E-state index in [9.17, 15) is 9.90 Å². The first-order valence-electron chi connectivity index (χ1n) is 5.32. The summed E-state index contributed by atoms with van der Waals surface area (Å²) in [7, 11) is 0. The van der Waals surface area contributed by atoms with Gasteiger partial charge in [-0.1, -0.05) is 11.6 Å². The van der Waals surface area contributed by atoms with Gasteiger partial charge in [0.15, 0.2) is 0 Å². The van der Waals surface area contributed by atoms with E-state index in [1.54, 1.807) is 18.5 Å². The zero-order chi connectivity index (χ0) is 13.1. The summed E-state index contributed by atoms with van der Waals surface area (Å²) in [5.41, 5.74) is 1.27. The Morgan fingerprint density at radius 3 is 3.00 bits per heavy atom. The fourth-order valence-electron chi connectivity index (χ4n) is 1.50. The van der Waals surface area contributed by atoms with Crippen molar-refractivity contribution in [3.8, 4) is 5.75 Å². The Hall–Kier alpha value is -2.01. The van der Waals surface area contributed by atoms with E-state index in [1.165, 1.54) is 16.8 Å². The van der Waals surface area contributed by atoms with Crippen LogP contribution in [-0.2, 0) is 11.3 Å². The molecule has 2 N–H and O–H groups in total. The van der Waals surface area contributed by atoms with E-state index in [0.717, 1.165) is 5.56 Å². The van der Waals surface area contributed by atoms with E-state index >= 15 is 0 Å². The zero-order valence-electron chi connectivity index (χ0n) is 9.72. The lowest BCUT2D eigenvalue weighted by atomic mass is 10.3. The van der Waals surface area contributed by atoms with Gasteiger partial charge in [-0.05, 0) is 30.7 Å². The fraction of sp³-hybridized carbons (Fsp3) is 0.167. The molecular weight excluding hydrogens is 254 g/mol. The van der Waals surface area contributed by atoms with Crippen molar-refractivity contribution in [1.29, 1.82) is 0 Å². The maximum Gasteiger partial charge on any atom is 0.246 e. The highest BCUT2D eigenvalue weighted by Gasteiger charge is 2.08. The number of anilines is 1. The number of benzene rings is 1. The molecule has 0 aliphatic rings. The van der Waals surface area contributed by atoms with Gasteiger partial charge in [-0.2, -0.15) is 5.10 Å². The average molecular weight is 266 g/mol. The van der Waals surface area contributed by atoms with Gasteiger partial charge < -0.3 is 10.4 Å². The first kappa shape index (κ1) is 12.4. The molecule has 0 saturated heterocycles. The molecule has 0 bridgehead atoms. The topological polar surface area (TPSA) is 67.2 Å². The van der Waals surface area contributed by atoms with Crippen LogP contribution in [0.4, 0.5) is 5.69 Å². The molecule has 1 amide bonds. The van der Waals surface area contributed by atoms with Crippen molar-refractivity contribution < 1.29 is 9.90 Å². The second kappa shape index (κ2) is 5.10. The van der Waals surface area contributed by atoms with Crippen molar-refractivity contribution in [2.45, 2.75) is 13.5 Å². The predicted octanol–water partition coefficient (Wildman–Crippen LogP) is 2.19. The molecule has 0 saturated carbocycles. The van der Waals surface area contributed by atoms with Crippen LogP contribution in [0.25, 0.3) is 0 Å². The number of nitrogens with one attached hydrogen (secondary N) is 1. The molecule has 0 aliphatic heterocycles. The van der Waals surface area contributed by atoms with Crippen LogP contribution in [0.1, 0.15) is 5.56 Å². The van der Waals surface area contributed by atoms with Crippen molar-refractivity contribution in [1.82, 2.24) is 9.78 Å². The molecule has 0 atom stereocenters. The third-order valence-electron chi connectivity index (χ3n) is 2.30. The summed E-state index contributed by atoms with van der Waals surface area (Å²) < 4.78 is 1.52. The summed E-state index contributed by atoms with van der Waals surface area (Å²) in [6.07, 6.45) is 3.43. The Morgan fingerprint density at radius 2 is 2.33 bits per heavy atom. The minimum Gasteiger partial charge on any atom is -0.506 e. The normalized spacial score (nSPS) is 10.3. The van der Waals surface area contributed by atoms with Crippen molar-refractivity contribution >= 4 is 23.2 Å². The van der Waals surface area contributed by atoms with Crippen molar-refractivity contribution in [2.24, 2.45) is 0 Å². The maximum absolute atomic E-state index is 11.7. The fourth-order valence-corrected chi connectivity index (χ4v) is 1.67. The van der Waals surface area contributed by atoms with Crippen LogP contribution in [0.15, 0.2) is 30.6 Å². The van der Waals surface area contributed by atoms with Crippen LogP contribution in [0.5, 0.6) is 5.75 Å². The molecule has 1 heterocycles. The van der Waals surface area contributed by atoms with Crippen LogP contribution in [0.3, 0.4) is 0 Å². The number of phenolic OH excluding ortho intramolecular Hbond substituents is 1. The number of halogens is 1. The number of aryl methyl sites for hydroxylation is 1. The predicted molar refractivity (Wildman–Crippen MR) is 68.7 cm³/mol. The Bertz CT molecular complexity index is 580. The Balaban J connectivity index is 2.05. The molecular formula is C12H12ClN3O2. The number of carbonyl (C=O) groups excluding carboxylic acids is 1. The second-order valence-corrected chi connectivity index (χ2v) is 4.36. The minimum atomic E-state index is -0.282. The Labute approximate surface area is 109 Å². The minimum absolute atomic E-state index is 0.0237. The van der Waals surface area contributed by atoms with Gasteiger partial charge in [-0.25, -0.2) is 0 Å². The number of amides is 1. The van der Waals surface area contributed by atoms with Crippen molar-refractivity contribution in [3.63, 3.8) is 0 Å². The van der Waals surface area contributed by atoms with Gasteiger partial charge in [0.25, 0.3) is 0 Å². The summed E-state index contributed by atoms with van der Waals surface area (Å²) in [5, 5.41) is 16.6. The summed E-state index contributed by atoms with van der Waals surface area (Å²) in [5.74, 6) is -0.305. The third kappa shape index (κ3) is 3.01. The van der Waals surface area contributed by atoms with E-state index in [-0.39, 0.29) is 23.9 Å². The Morgan fingerprint density at radius 1 is 1.56 bits per heavy atom. The largest absolute Gasteiger partial charge is 0.506 e. The summed E-state index contributed by atoms with van der Waals surface area (Å²) in [6, 6.07) is 4.46. The highest BCUT2D eigenvalue weighted by molar-refractivity contribution is 6.31. The van der Waals surface area contributed by atoms with E-state index in [1.807, 2.05) is 6.92 Å². The van der Waals surface area contributed by atoms with Gasteiger partial charge in [0, 0.05) is 11.2 Å². The number of nitrogens with zero attached hydrogens (tertiary/aromatic N) is 2. The van der Waals surface area contributed by atoms with Gasteiger partial charge in [-0.15, -0.1) is 0 Å². The number of rotatable bonds is 3. The molecule has 6 heteroatoms. The third-order valence-corrected chi connectivity index (χ3v) is 2.54. The monoisotopic (exact) mass is 265 g/mol. The number of carbonyl (C=O) groups is 1. The molecule has 0 radical (unpaired) electrons. The molecule has 0 aliphatic carbocycles. The second-order valence-electron chi connectivity index (χ2n) is 3.92. The number of aromatic nitrogens is 2. The number of aromatic hydroxyl groups is 1. The first-order chi connectivity index (χ1) is 8.54. The smallest absolute Gasteiger partial charge is 0.246 e. The summed E-state index contributed by atoms with van der Waals surface area (Å²) in [6.45, 7) is 1.98. The maximum atomic E-state index is 11.7. The summed E-state index contributed by atoms with van der Waals surface area (Å²) in [4.78, 5) is 11.7. The summed E-state index contributed by atoms with van der Waals surface area (Å²) >= 11 is 5.78. The average Bonchev–Trinajstić information content (AvgIpc) is 2.69. The van der Waals surface area contributed by atoms with Gasteiger partial charge in [0.2, 0.25) is 5.91 Å². The van der Waals surface area contributed by atoms with Crippen LogP contribution in [0.2, 0.25) is 5.02 Å². The van der Waals surface area contributed by atoms with E-state index < -0.39 is 0 Å². The molecule has 2 rings (SSSR count). The highest BCUT2D eigenvalue weighted by atomic mass is 35.5. The van der Waals surface area contributed by atoms with Crippen molar-refractivity contribution in [2.75, 3.05) is 5.32 Å². The molecule has 5 nitrogen and oxygen atoms in total. The van der Waals surface area contributed by atoms with Gasteiger partial charge >= 0.3 is 0 Å². The number of hydrogen-bond donors (Lipinski definition) is 2. The molecule has 94 valence electrons. The quantitative estimate of drug-likeness (QED) is 0.836. The van der Waals surface area contributed by atoms with E-state index in [2.05, 4.69) is 10.4 Å². The molecule has 18 heavy (non-hydrogen) atoms. The molecule has 1 aromatic heterocycles. The molecule has 2 aromatic rings. The number of phenols is 1. The van der Waals surface area contributed by atoms with Gasteiger partial charge in [0.1, 0.15) is 12.3 Å². The zero-order valence-corrected chi connectivity index (χ0v) is 10.5. The van der Waals surface area contributed by atoms with Crippen LogP contribution in [0, 0.1) is 6.92 Å². The van der Waals surface area contributed by atoms with Crippen LogP contribution < -0.4 is 5.32 Å². The van der Waals surface area contributed by atoms with Crippen molar-refractivity contribution in [3.05, 3.63) is 41.2 Å².